The molecule has 0 bridgehead atoms. The third-order valence-electron chi connectivity index (χ3n) is 2.73. The van der Waals surface area contributed by atoms with Crippen LogP contribution in [0.2, 0.25) is 0 Å². The lowest BCUT2D eigenvalue weighted by atomic mass is 10.0. The number of benzene rings is 1. The molecule has 1 atom stereocenters. The van der Waals surface area contributed by atoms with Crippen molar-refractivity contribution < 1.29 is 4.79 Å². The summed E-state index contributed by atoms with van der Waals surface area (Å²) in [6.45, 7) is 3.79. The van der Waals surface area contributed by atoms with Gasteiger partial charge in [0.1, 0.15) is 6.04 Å². The highest BCUT2D eigenvalue weighted by atomic mass is 16.1. The number of carbonyl (C=O) groups is 1. The first kappa shape index (κ1) is 13.4. The first-order chi connectivity index (χ1) is 8.06. The summed E-state index contributed by atoms with van der Waals surface area (Å²) in [6.07, 6.45) is 0.504. The van der Waals surface area contributed by atoms with Gasteiger partial charge in [0.25, 0.3) is 0 Å². The summed E-state index contributed by atoms with van der Waals surface area (Å²) in [5, 5.41) is 0. The van der Waals surface area contributed by atoms with Crippen LogP contribution in [-0.4, -0.2) is 30.6 Å². The lowest BCUT2D eigenvalue weighted by Crippen LogP contribution is -2.21. The highest BCUT2D eigenvalue weighted by Gasteiger charge is 2.18. The zero-order valence-electron chi connectivity index (χ0n) is 11.0. The van der Waals surface area contributed by atoms with E-state index >= 15 is 0 Å². The summed E-state index contributed by atoms with van der Waals surface area (Å²) < 4.78 is 0. The number of ketones is 1. The lowest BCUT2D eigenvalue weighted by molar-refractivity contribution is -0.120. The maximum atomic E-state index is 11.9. The second-order valence-corrected chi connectivity index (χ2v) is 4.20. The third-order valence-corrected chi connectivity index (χ3v) is 2.73. The van der Waals surface area contributed by atoms with E-state index in [2.05, 4.69) is 4.99 Å². The van der Waals surface area contributed by atoms with Crippen molar-refractivity contribution >= 4 is 11.6 Å². The van der Waals surface area contributed by atoms with E-state index in [0.29, 0.717) is 6.42 Å². The van der Waals surface area contributed by atoms with Gasteiger partial charge in [-0.05, 0) is 12.5 Å². The van der Waals surface area contributed by atoms with Gasteiger partial charge in [-0.1, -0.05) is 37.3 Å². The van der Waals surface area contributed by atoms with E-state index in [1.165, 1.54) is 0 Å². The lowest BCUT2D eigenvalue weighted by Gasteiger charge is -2.16. The molecule has 3 nitrogen and oxygen atoms in total. The molecule has 0 saturated heterocycles. The summed E-state index contributed by atoms with van der Waals surface area (Å²) in [4.78, 5) is 18.4. The number of amidine groups is 1. The van der Waals surface area contributed by atoms with Crippen LogP contribution in [0, 0.1) is 0 Å². The molecule has 0 amide bonds. The van der Waals surface area contributed by atoms with Gasteiger partial charge in [-0.25, -0.2) is 0 Å². The first-order valence-corrected chi connectivity index (χ1v) is 5.85. The van der Waals surface area contributed by atoms with Crippen molar-refractivity contribution in [2.75, 3.05) is 14.1 Å². The number of aliphatic imine (C=N–C) groups is 1. The van der Waals surface area contributed by atoms with Gasteiger partial charge in [-0.2, -0.15) is 0 Å². The second kappa shape index (κ2) is 6.18. The molecule has 0 spiro atoms. The molecule has 0 N–H and O–H groups in total. The molecular formula is C14H20N2O. The van der Waals surface area contributed by atoms with Crippen molar-refractivity contribution in [3.63, 3.8) is 0 Å². The predicted molar refractivity (Wildman–Crippen MR) is 71.3 cm³/mol. The topological polar surface area (TPSA) is 32.7 Å². The van der Waals surface area contributed by atoms with Crippen LogP contribution < -0.4 is 0 Å². The zero-order chi connectivity index (χ0) is 12.8. The van der Waals surface area contributed by atoms with Crippen LogP contribution in [0.25, 0.3) is 0 Å². The number of rotatable bonds is 4. The molecule has 0 radical (unpaired) electrons. The Balaban J connectivity index is 3.06. The molecule has 1 rings (SSSR count). The quantitative estimate of drug-likeness (QED) is 0.590. The molecule has 0 heterocycles. The predicted octanol–water partition coefficient (Wildman–Crippen LogP) is 2.69. The van der Waals surface area contributed by atoms with Crippen LogP contribution in [0.15, 0.2) is 35.3 Å². The van der Waals surface area contributed by atoms with Crippen molar-refractivity contribution in [1.29, 1.82) is 0 Å². The van der Waals surface area contributed by atoms with Gasteiger partial charge in [0.15, 0.2) is 5.78 Å². The Kier molecular flexibility index (Phi) is 4.88. The molecule has 0 saturated carbocycles. The van der Waals surface area contributed by atoms with Crippen LogP contribution >= 0.6 is 0 Å². The van der Waals surface area contributed by atoms with Crippen molar-refractivity contribution in [1.82, 2.24) is 4.90 Å². The standard InChI is InChI=1S/C14H20N2O/c1-5-13(17)14(15-11(2)16(3)4)12-9-7-6-8-10-12/h6-10,14H,5H2,1-4H3. The Morgan fingerprint density at radius 1 is 1.29 bits per heavy atom. The molecule has 0 fully saturated rings. The normalized spacial score (nSPS) is 13.3. The fourth-order valence-corrected chi connectivity index (χ4v) is 1.46. The highest BCUT2D eigenvalue weighted by Crippen LogP contribution is 2.20. The number of hydrogen-bond acceptors (Lipinski definition) is 2. The Morgan fingerprint density at radius 3 is 2.35 bits per heavy atom. The maximum absolute atomic E-state index is 11.9. The van der Waals surface area contributed by atoms with Gasteiger partial charge in [0, 0.05) is 20.5 Å². The molecule has 3 heteroatoms. The summed E-state index contributed by atoms with van der Waals surface area (Å²) >= 11 is 0. The minimum atomic E-state index is -0.372. The smallest absolute Gasteiger partial charge is 0.161 e. The third kappa shape index (κ3) is 3.70. The Bertz CT molecular complexity index is 396. The van der Waals surface area contributed by atoms with Crippen molar-refractivity contribution in [2.24, 2.45) is 4.99 Å². The van der Waals surface area contributed by atoms with E-state index in [4.69, 9.17) is 0 Å². The molecule has 1 aromatic rings. The van der Waals surface area contributed by atoms with Gasteiger partial charge < -0.3 is 4.90 Å². The molecule has 17 heavy (non-hydrogen) atoms. The van der Waals surface area contributed by atoms with Crippen molar-refractivity contribution in [3.05, 3.63) is 35.9 Å². The van der Waals surface area contributed by atoms with Gasteiger partial charge in [0.2, 0.25) is 0 Å². The molecule has 92 valence electrons. The summed E-state index contributed by atoms with van der Waals surface area (Å²) in [5.74, 6) is 1.01. The first-order valence-electron chi connectivity index (χ1n) is 5.85. The molecule has 0 aromatic heterocycles. The molecule has 0 aliphatic carbocycles. The minimum Gasteiger partial charge on any atom is -0.367 e. The maximum Gasteiger partial charge on any atom is 0.161 e. The summed E-state index contributed by atoms with van der Waals surface area (Å²) in [6, 6.07) is 9.34. The van der Waals surface area contributed by atoms with Crippen LogP contribution in [0.5, 0.6) is 0 Å². The van der Waals surface area contributed by atoms with E-state index in [1.807, 2.05) is 63.2 Å². The number of Topliss-reactive ketones (excluding diaryl/α,β-unsaturated/α-hetero) is 1. The fourth-order valence-electron chi connectivity index (χ4n) is 1.46. The molecule has 0 aliphatic rings. The Hall–Kier alpha value is -1.64. The molecule has 0 aliphatic heterocycles. The van der Waals surface area contributed by atoms with Crippen LogP contribution in [0.3, 0.4) is 0 Å². The highest BCUT2D eigenvalue weighted by molar-refractivity contribution is 5.89. The van der Waals surface area contributed by atoms with Crippen molar-refractivity contribution in [2.45, 2.75) is 26.3 Å². The Morgan fingerprint density at radius 2 is 1.88 bits per heavy atom. The SMILES string of the molecule is CCC(=O)C(N=C(C)N(C)C)c1ccccc1. The molecule has 1 aromatic carbocycles. The summed E-state index contributed by atoms with van der Waals surface area (Å²) in [5.41, 5.74) is 0.959. The van der Waals surface area contributed by atoms with E-state index in [-0.39, 0.29) is 11.8 Å². The van der Waals surface area contributed by atoms with Crippen molar-refractivity contribution in [3.8, 4) is 0 Å². The number of hydrogen-bond donors (Lipinski definition) is 0. The average Bonchev–Trinajstić information content (AvgIpc) is 2.35. The van der Waals surface area contributed by atoms with Gasteiger partial charge >= 0.3 is 0 Å². The number of nitrogens with zero attached hydrogens (tertiary/aromatic N) is 2. The zero-order valence-corrected chi connectivity index (χ0v) is 11.0. The second-order valence-electron chi connectivity index (χ2n) is 4.20. The summed E-state index contributed by atoms with van der Waals surface area (Å²) in [7, 11) is 3.86. The van der Waals surface area contributed by atoms with E-state index in [0.717, 1.165) is 11.4 Å². The van der Waals surface area contributed by atoms with Gasteiger partial charge in [-0.15, -0.1) is 0 Å². The minimum absolute atomic E-state index is 0.150. The number of carbonyl (C=O) groups excluding carboxylic acids is 1. The molecular weight excluding hydrogens is 212 g/mol. The van der Waals surface area contributed by atoms with E-state index in [1.54, 1.807) is 0 Å². The average molecular weight is 232 g/mol. The van der Waals surface area contributed by atoms with Gasteiger partial charge in [-0.3, -0.25) is 9.79 Å². The van der Waals surface area contributed by atoms with Crippen LogP contribution in [-0.2, 0) is 4.79 Å². The van der Waals surface area contributed by atoms with Crippen LogP contribution in [0.4, 0.5) is 0 Å². The van der Waals surface area contributed by atoms with Gasteiger partial charge in [0.05, 0.1) is 5.84 Å². The largest absolute Gasteiger partial charge is 0.367 e. The fraction of sp³-hybridized carbons (Fsp3) is 0.429. The van der Waals surface area contributed by atoms with E-state index in [9.17, 15) is 4.79 Å². The molecule has 1 unspecified atom stereocenters. The van der Waals surface area contributed by atoms with E-state index < -0.39 is 0 Å². The Labute approximate surface area is 103 Å². The monoisotopic (exact) mass is 232 g/mol. The van der Waals surface area contributed by atoms with Crippen LogP contribution in [0.1, 0.15) is 31.9 Å².